The predicted octanol–water partition coefficient (Wildman–Crippen LogP) is 4.61. The zero-order valence-corrected chi connectivity index (χ0v) is 11.9. The fraction of sp³-hybridized carbons (Fsp3) is 0.235. The van der Waals surface area contributed by atoms with Crippen LogP contribution in [0.1, 0.15) is 41.3 Å². The van der Waals surface area contributed by atoms with E-state index >= 15 is 0 Å². The highest BCUT2D eigenvalue weighted by Crippen LogP contribution is 2.29. The number of aryl methyl sites for hydroxylation is 1. The molecule has 2 aromatic carbocycles. The molecule has 0 heterocycles. The summed E-state index contributed by atoms with van der Waals surface area (Å²) in [7, 11) is 0. The topological polar surface area (TPSA) is 46.5 Å². The minimum absolute atomic E-state index is 0.165. The Balaban J connectivity index is 2.31. The highest BCUT2D eigenvalue weighted by atomic mass is 16.5. The Bertz CT molecular complexity index is 630. The number of carboxylic acids is 1. The zero-order valence-electron chi connectivity index (χ0n) is 11.9. The van der Waals surface area contributed by atoms with Gasteiger partial charge in [0.15, 0.2) is 0 Å². The molecule has 0 radical (unpaired) electrons. The fourth-order valence-corrected chi connectivity index (χ4v) is 2.22. The van der Waals surface area contributed by atoms with E-state index in [-0.39, 0.29) is 5.56 Å². The van der Waals surface area contributed by atoms with Crippen LogP contribution in [0.4, 0.5) is 0 Å². The zero-order chi connectivity index (χ0) is 14.7. The van der Waals surface area contributed by atoms with E-state index in [2.05, 4.69) is 13.8 Å². The van der Waals surface area contributed by atoms with Gasteiger partial charge in [-0.2, -0.15) is 0 Å². The first kappa shape index (κ1) is 14.1. The van der Waals surface area contributed by atoms with E-state index < -0.39 is 5.97 Å². The molecular weight excluding hydrogens is 252 g/mol. The Morgan fingerprint density at radius 1 is 1.15 bits per heavy atom. The van der Waals surface area contributed by atoms with Crippen molar-refractivity contribution in [3.05, 3.63) is 59.2 Å². The molecule has 0 amide bonds. The Kier molecular flexibility index (Phi) is 4.08. The highest BCUT2D eigenvalue weighted by molar-refractivity contribution is 5.90. The van der Waals surface area contributed by atoms with Crippen LogP contribution in [0.3, 0.4) is 0 Å². The van der Waals surface area contributed by atoms with E-state index in [0.29, 0.717) is 17.4 Å². The number of aromatic carboxylic acids is 1. The van der Waals surface area contributed by atoms with Gasteiger partial charge in [-0.1, -0.05) is 32.0 Å². The fourth-order valence-electron chi connectivity index (χ4n) is 2.22. The van der Waals surface area contributed by atoms with Crippen LogP contribution in [0.2, 0.25) is 0 Å². The number of hydrogen-bond acceptors (Lipinski definition) is 2. The van der Waals surface area contributed by atoms with Crippen LogP contribution >= 0.6 is 0 Å². The molecule has 0 spiro atoms. The molecular formula is C17H18O3. The van der Waals surface area contributed by atoms with Crippen LogP contribution < -0.4 is 4.74 Å². The van der Waals surface area contributed by atoms with Crippen molar-refractivity contribution in [2.24, 2.45) is 0 Å². The minimum atomic E-state index is -0.990. The molecule has 0 unspecified atom stereocenters. The second-order valence-corrected chi connectivity index (χ2v) is 5.08. The lowest BCUT2D eigenvalue weighted by molar-refractivity contribution is 0.0694. The molecule has 2 rings (SSSR count). The molecule has 2 aromatic rings. The average Bonchev–Trinajstić information content (AvgIpc) is 2.38. The summed E-state index contributed by atoms with van der Waals surface area (Å²) in [5.74, 6) is 0.476. The van der Waals surface area contributed by atoms with Crippen molar-refractivity contribution in [3.8, 4) is 11.5 Å². The first-order chi connectivity index (χ1) is 9.49. The van der Waals surface area contributed by atoms with Gasteiger partial charge in [0, 0.05) is 0 Å². The smallest absolute Gasteiger partial charge is 0.339 e. The molecule has 0 bridgehead atoms. The average molecular weight is 270 g/mol. The maximum Gasteiger partial charge on any atom is 0.339 e. The van der Waals surface area contributed by atoms with Gasteiger partial charge in [0.2, 0.25) is 0 Å². The van der Waals surface area contributed by atoms with E-state index in [9.17, 15) is 4.79 Å². The molecule has 1 N–H and O–H groups in total. The Morgan fingerprint density at radius 2 is 1.85 bits per heavy atom. The lowest BCUT2D eigenvalue weighted by atomic mass is 9.98. The maximum atomic E-state index is 11.1. The van der Waals surface area contributed by atoms with Crippen molar-refractivity contribution >= 4 is 5.97 Å². The van der Waals surface area contributed by atoms with Crippen molar-refractivity contribution in [2.75, 3.05) is 0 Å². The van der Waals surface area contributed by atoms with Crippen LogP contribution in [-0.2, 0) is 0 Å². The molecule has 0 aliphatic heterocycles. The van der Waals surface area contributed by atoms with E-state index in [4.69, 9.17) is 9.84 Å². The van der Waals surface area contributed by atoms with Crippen molar-refractivity contribution in [1.29, 1.82) is 0 Å². The third-order valence-corrected chi connectivity index (χ3v) is 3.21. The predicted molar refractivity (Wildman–Crippen MR) is 78.7 cm³/mol. The molecule has 3 heteroatoms. The van der Waals surface area contributed by atoms with Crippen LogP contribution in [0.5, 0.6) is 11.5 Å². The number of para-hydroxylation sites is 1. The van der Waals surface area contributed by atoms with E-state index in [1.807, 2.05) is 25.1 Å². The molecule has 0 aliphatic rings. The van der Waals surface area contributed by atoms with Gasteiger partial charge in [-0.25, -0.2) is 4.79 Å². The van der Waals surface area contributed by atoms with Crippen LogP contribution in [0.15, 0.2) is 42.5 Å². The van der Waals surface area contributed by atoms with Crippen molar-refractivity contribution in [3.63, 3.8) is 0 Å². The van der Waals surface area contributed by atoms with Crippen LogP contribution in [-0.4, -0.2) is 11.1 Å². The van der Waals surface area contributed by atoms with Crippen molar-refractivity contribution in [2.45, 2.75) is 26.7 Å². The van der Waals surface area contributed by atoms with Gasteiger partial charge in [-0.15, -0.1) is 0 Å². The summed E-state index contributed by atoms with van der Waals surface area (Å²) in [5, 5.41) is 9.14. The Labute approximate surface area is 118 Å². The summed E-state index contributed by atoms with van der Waals surface area (Å²) < 4.78 is 5.71. The Hall–Kier alpha value is -2.29. The molecule has 104 valence electrons. The summed E-state index contributed by atoms with van der Waals surface area (Å²) >= 11 is 0. The molecule has 0 fully saturated rings. The van der Waals surface area contributed by atoms with Crippen LogP contribution in [0.25, 0.3) is 0 Å². The molecule has 0 atom stereocenters. The monoisotopic (exact) mass is 270 g/mol. The summed E-state index contributed by atoms with van der Waals surface area (Å²) in [4.78, 5) is 11.1. The lowest BCUT2D eigenvalue weighted by Crippen LogP contribution is -2.00. The summed E-state index contributed by atoms with van der Waals surface area (Å²) in [6, 6.07) is 12.5. The van der Waals surface area contributed by atoms with Gasteiger partial charge in [0.1, 0.15) is 17.1 Å². The number of carboxylic acid groups (broad SMARTS) is 1. The van der Waals surface area contributed by atoms with E-state index in [1.165, 1.54) is 11.6 Å². The first-order valence-electron chi connectivity index (χ1n) is 6.59. The summed E-state index contributed by atoms with van der Waals surface area (Å²) in [6.45, 7) is 6.32. The second-order valence-electron chi connectivity index (χ2n) is 5.08. The van der Waals surface area contributed by atoms with Gasteiger partial charge in [0.05, 0.1) is 0 Å². The number of ether oxygens (including phenoxy) is 1. The molecule has 20 heavy (non-hydrogen) atoms. The van der Waals surface area contributed by atoms with Gasteiger partial charge in [-0.3, -0.25) is 0 Å². The third-order valence-electron chi connectivity index (χ3n) is 3.21. The molecule has 0 saturated heterocycles. The summed E-state index contributed by atoms with van der Waals surface area (Å²) in [6.07, 6.45) is 0. The second kappa shape index (κ2) is 5.78. The van der Waals surface area contributed by atoms with Crippen molar-refractivity contribution < 1.29 is 14.6 Å². The third kappa shape index (κ3) is 2.99. The lowest BCUT2D eigenvalue weighted by Gasteiger charge is -2.13. The number of rotatable bonds is 4. The molecule has 3 nitrogen and oxygen atoms in total. The quantitative estimate of drug-likeness (QED) is 0.882. The standard InChI is InChI=1S/C17H18O3/c1-11(2)14-9-8-13(10-12(14)3)20-16-7-5-4-6-15(16)17(18)19/h4-11H,1-3H3,(H,18,19). The number of carbonyl (C=O) groups is 1. The van der Waals surface area contributed by atoms with Gasteiger partial charge in [-0.05, 0) is 48.2 Å². The SMILES string of the molecule is Cc1cc(Oc2ccccc2C(=O)O)ccc1C(C)C. The first-order valence-corrected chi connectivity index (χ1v) is 6.59. The highest BCUT2D eigenvalue weighted by Gasteiger charge is 2.11. The summed E-state index contributed by atoms with van der Waals surface area (Å²) in [5.41, 5.74) is 2.58. The number of hydrogen-bond donors (Lipinski definition) is 1. The maximum absolute atomic E-state index is 11.1. The minimum Gasteiger partial charge on any atom is -0.478 e. The number of benzene rings is 2. The van der Waals surface area contributed by atoms with Gasteiger partial charge >= 0.3 is 5.97 Å². The van der Waals surface area contributed by atoms with E-state index in [1.54, 1.807) is 18.2 Å². The van der Waals surface area contributed by atoms with Gasteiger partial charge < -0.3 is 9.84 Å². The van der Waals surface area contributed by atoms with Crippen LogP contribution in [0, 0.1) is 6.92 Å². The molecule has 0 saturated carbocycles. The molecule has 0 aromatic heterocycles. The Morgan fingerprint density at radius 3 is 2.45 bits per heavy atom. The van der Waals surface area contributed by atoms with E-state index in [0.717, 1.165) is 5.56 Å². The normalized spacial score (nSPS) is 10.6. The van der Waals surface area contributed by atoms with Gasteiger partial charge in [0.25, 0.3) is 0 Å². The van der Waals surface area contributed by atoms with Crippen molar-refractivity contribution in [1.82, 2.24) is 0 Å². The molecule has 0 aliphatic carbocycles. The largest absolute Gasteiger partial charge is 0.478 e.